The third kappa shape index (κ3) is 15.5. The molecule has 0 radical (unpaired) electrons. The van der Waals surface area contributed by atoms with Crippen molar-refractivity contribution in [2.24, 2.45) is 0 Å². The number of carbonyl (C=O) groups excluding carboxylic acids is 2. The molecule has 2 aromatic rings. The van der Waals surface area contributed by atoms with E-state index in [1.807, 2.05) is 0 Å². The van der Waals surface area contributed by atoms with Crippen molar-refractivity contribution in [3.05, 3.63) is 60.7 Å². The van der Waals surface area contributed by atoms with E-state index in [1.165, 1.54) is 24.3 Å². The van der Waals surface area contributed by atoms with Gasteiger partial charge in [-0.25, -0.2) is 26.4 Å². The fourth-order valence-corrected chi connectivity index (χ4v) is 2.28. The topological polar surface area (TPSA) is 185 Å². The number of halogens is 4. The van der Waals surface area contributed by atoms with Crippen LogP contribution in [0.15, 0.2) is 60.7 Å². The van der Waals surface area contributed by atoms with Crippen LogP contribution in [0.4, 0.5) is 17.6 Å². The Morgan fingerprint density at radius 1 is 0.625 bits per heavy atom. The molecule has 0 aliphatic heterocycles. The van der Waals surface area contributed by atoms with Crippen LogP contribution < -0.4 is 68.6 Å². The quantitative estimate of drug-likeness (QED) is 0.0943. The minimum Gasteiger partial charge on any atom is -0.743 e. The van der Waals surface area contributed by atoms with Gasteiger partial charge >= 0.3 is 81.6 Å². The van der Waals surface area contributed by atoms with Crippen LogP contribution in [0.1, 0.15) is 0 Å². The van der Waals surface area contributed by atoms with Crippen molar-refractivity contribution in [2.45, 2.75) is 10.5 Å². The van der Waals surface area contributed by atoms with Crippen molar-refractivity contribution >= 4 is 32.2 Å². The molecule has 0 saturated carbocycles. The van der Waals surface area contributed by atoms with E-state index in [0.29, 0.717) is 11.5 Å². The van der Waals surface area contributed by atoms with Gasteiger partial charge in [-0.3, -0.25) is 0 Å². The van der Waals surface area contributed by atoms with Crippen molar-refractivity contribution in [2.75, 3.05) is 26.4 Å². The number of carbonyl (C=O) groups is 2. The molecule has 0 saturated heterocycles. The second-order valence-electron chi connectivity index (χ2n) is 6.71. The fourth-order valence-electron chi connectivity index (χ4n) is 1.87. The van der Waals surface area contributed by atoms with E-state index in [9.17, 15) is 53.1 Å². The Balaban J connectivity index is 0. The van der Waals surface area contributed by atoms with Crippen LogP contribution in [-0.4, -0.2) is 74.8 Å². The molecule has 0 amide bonds. The SMILES string of the molecule is O=C(COc1ccccc1)OCC(F)(F)S(=O)(=O)[O-].O=C(COc1ccccc1)OCC(F)(F)S(=O)(=O)[O-].[Na+].[Na+]. The van der Waals surface area contributed by atoms with Gasteiger partial charge in [0.2, 0.25) is 0 Å². The molecule has 2 rings (SSSR count). The Kier molecular flexibility index (Phi) is 18.4. The molecular weight excluding hydrogens is 618 g/mol. The fraction of sp³-hybridized carbons (Fsp3) is 0.300. The monoisotopic (exact) mass is 636 g/mol. The first-order chi connectivity index (χ1) is 17.4. The largest absolute Gasteiger partial charge is 1.00 e. The average molecular weight is 636 g/mol. The standard InChI is InChI=1S/2C10H10F2O6S.2Na/c2*11-10(12,19(14,15)16)7-18-9(13)6-17-8-4-2-1-3-5-8;;/h2*1-5H,6-7H2,(H,14,15,16);;/q;;2*+1/p-2. The Labute approximate surface area is 270 Å². The van der Waals surface area contributed by atoms with Gasteiger partial charge < -0.3 is 28.1 Å². The van der Waals surface area contributed by atoms with Crippen LogP contribution in [0.2, 0.25) is 0 Å². The molecule has 0 atom stereocenters. The van der Waals surface area contributed by atoms with Crippen LogP contribution in [0, 0.1) is 0 Å². The van der Waals surface area contributed by atoms with Gasteiger partial charge in [-0.05, 0) is 24.3 Å². The molecule has 212 valence electrons. The summed E-state index contributed by atoms with van der Waals surface area (Å²) in [6.45, 7) is -5.04. The van der Waals surface area contributed by atoms with E-state index < -0.39 is 69.1 Å². The van der Waals surface area contributed by atoms with E-state index in [-0.39, 0.29) is 59.1 Å². The number of hydrogen-bond acceptors (Lipinski definition) is 12. The first-order valence-corrected chi connectivity index (χ1v) is 12.6. The zero-order valence-corrected chi connectivity index (χ0v) is 26.5. The Hall–Kier alpha value is -1.48. The summed E-state index contributed by atoms with van der Waals surface area (Å²) in [5.41, 5.74) is 0. The van der Waals surface area contributed by atoms with Gasteiger partial charge in [0.15, 0.2) is 46.7 Å². The van der Waals surface area contributed by atoms with Crippen LogP contribution in [0.5, 0.6) is 11.5 Å². The van der Waals surface area contributed by atoms with Crippen molar-refractivity contribution in [3.8, 4) is 11.5 Å². The third-order valence-electron chi connectivity index (χ3n) is 3.73. The van der Waals surface area contributed by atoms with Gasteiger partial charge in [-0.1, -0.05) is 36.4 Å². The van der Waals surface area contributed by atoms with Crippen LogP contribution >= 0.6 is 0 Å². The smallest absolute Gasteiger partial charge is 0.743 e. The van der Waals surface area contributed by atoms with E-state index in [1.54, 1.807) is 36.4 Å². The molecule has 40 heavy (non-hydrogen) atoms. The summed E-state index contributed by atoms with van der Waals surface area (Å²) in [6, 6.07) is 16.0. The molecule has 0 N–H and O–H groups in total. The van der Waals surface area contributed by atoms with Gasteiger partial charge in [-0.2, -0.15) is 17.6 Å². The second kappa shape index (κ2) is 18.1. The number of benzene rings is 2. The van der Waals surface area contributed by atoms with E-state index in [4.69, 9.17) is 9.47 Å². The molecule has 0 bridgehead atoms. The van der Waals surface area contributed by atoms with Gasteiger partial charge in [-0.15, -0.1) is 0 Å². The van der Waals surface area contributed by atoms with Gasteiger partial charge in [0.1, 0.15) is 11.5 Å². The molecule has 0 aromatic heterocycles. The maximum Gasteiger partial charge on any atom is 1.00 e. The normalized spacial score (nSPS) is 11.3. The maximum absolute atomic E-state index is 12.6. The summed E-state index contributed by atoms with van der Waals surface area (Å²) in [7, 11) is -11.7. The minimum atomic E-state index is -5.87. The molecule has 2 aromatic carbocycles. The van der Waals surface area contributed by atoms with Crippen molar-refractivity contribution in [1.82, 2.24) is 0 Å². The van der Waals surface area contributed by atoms with Crippen LogP contribution in [-0.2, 0) is 39.3 Å². The first-order valence-electron chi connectivity index (χ1n) is 9.78. The first kappa shape index (κ1) is 40.7. The summed E-state index contributed by atoms with van der Waals surface area (Å²) in [6.07, 6.45) is 0. The van der Waals surface area contributed by atoms with Gasteiger partial charge in [0.05, 0.1) is 0 Å². The van der Waals surface area contributed by atoms with Gasteiger partial charge in [0.25, 0.3) is 0 Å². The number of hydrogen-bond donors (Lipinski definition) is 0. The summed E-state index contributed by atoms with van der Waals surface area (Å²) in [4.78, 5) is 22.0. The number of rotatable bonds is 12. The van der Waals surface area contributed by atoms with Crippen molar-refractivity contribution in [3.63, 3.8) is 0 Å². The van der Waals surface area contributed by atoms with Crippen LogP contribution in [0.25, 0.3) is 0 Å². The summed E-state index contributed by atoms with van der Waals surface area (Å²) >= 11 is 0. The summed E-state index contributed by atoms with van der Waals surface area (Å²) < 4.78 is 129. The third-order valence-corrected chi connectivity index (χ3v) is 5.43. The number of esters is 2. The number of alkyl halides is 4. The Morgan fingerprint density at radius 2 is 0.900 bits per heavy atom. The summed E-state index contributed by atoms with van der Waals surface area (Å²) in [5, 5.41) is -9.31. The molecule has 12 nitrogen and oxygen atoms in total. The van der Waals surface area contributed by atoms with E-state index in [2.05, 4.69) is 9.47 Å². The molecular formula is C20H18F4Na2O12S2. The molecule has 0 spiro atoms. The zero-order valence-electron chi connectivity index (χ0n) is 20.8. The molecule has 0 aliphatic rings. The predicted octanol–water partition coefficient (Wildman–Crippen LogP) is -4.50. The van der Waals surface area contributed by atoms with Gasteiger partial charge in [0, 0.05) is 0 Å². The second-order valence-corrected chi connectivity index (χ2v) is 9.72. The minimum absolute atomic E-state index is 0. The number of para-hydroxylation sites is 2. The molecule has 0 aliphatic carbocycles. The van der Waals surface area contributed by atoms with E-state index in [0.717, 1.165) is 0 Å². The molecule has 0 fully saturated rings. The Bertz CT molecular complexity index is 1170. The number of ether oxygens (including phenoxy) is 4. The van der Waals surface area contributed by atoms with Crippen LogP contribution in [0.3, 0.4) is 0 Å². The predicted molar refractivity (Wildman–Crippen MR) is 115 cm³/mol. The zero-order chi connectivity index (χ0) is 29.0. The summed E-state index contributed by atoms with van der Waals surface area (Å²) in [5.74, 6) is -1.82. The molecule has 20 heteroatoms. The van der Waals surface area contributed by atoms with Crippen molar-refractivity contribution in [1.29, 1.82) is 0 Å². The maximum atomic E-state index is 12.6. The van der Waals surface area contributed by atoms with Crippen molar-refractivity contribution < 1.29 is 131 Å². The molecule has 0 heterocycles. The Morgan fingerprint density at radius 3 is 1.15 bits per heavy atom. The average Bonchev–Trinajstić information content (AvgIpc) is 2.84. The molecule has 0 unspecified atom stereocenters. The van der Waals surface area contributed by atoms with E-state index >= 15 is 0 Å².